The average Bonchev–Trinajstić information content (AvgIpc) is 2.58. The van der Waals surface area contributed by atoms with Crippen LogP contribution in [0, 0.1) is 5.92 Å². The Balaban J connectivity index is 1.87. The number of carbonyl (C=O) groups is 2. The number of esters is 1. The molecule has 6 heteroatoms. The van der Waals surface area contributed by atoms with Crippen molar-refractivity contribution < 1.29 is 19.1 Å². The van der Waals surface area contributed by atoms with E-state index in [0.717, 1.165) is 36.0 Å². The van der Waals surface area contributed by atoms with E-state index in [0.29, 0.717) is 11.7 Å². The largest absolute Gasteiger partial charge is 0.496 e. The van der Waals surface area contributed by atoms with Gasteiger partial charge in [0.05, 0.1) is 7.11 Å². The Labute approximate surface area is 150 Å². The zero-order chi connectivity index (χ0) is 17.5. The van der Waals surface area contributed by atoms with E-state index in [4.69, 9.17) is 9.47 Å². The quantitative estimate of drug-likeness (QED) is 0.566. The molecule has 1 unspecified atom stereocenters. The number of amides is 1. The molecule has 0 N–H and O–H groups in total. The molecule has 0 spiro atoms. The van der Waals surface area contributed by atoms with Gasteiger partial charge in [-0.05, 0) is 43.0 Å². The Morgan fingerprint density at radius 1 is 1.42 bits per heavy atom. The Bertz CT molecular complexity index is 629. The summed E-state index contributed by atoms with van der Waals surface area (Å²) in [6.07, 6.45) is 5.06. The van der Waals surface area contributed by atoms with E-state index in [9.17, 15) is 9.59 Å². The normalized spacial score (nSPS) is 17.8. The van der Waals surface area contributed by atoms with E-state index >= 15 is 0 Å². The van der Waals surface area contributed by atoms with Crippen LogP contribution in [0.2, 0.25) is 0 Å². The van der Waals surface area contributed by atoms with Crippen LogP contribution in [0.4, 0.5) is 0 Å². The topological polar surface area (TPSA) is 55.8 Å². The lowest BCUT2D eigenvalue weighted by molar-refractivity contribution is -0.149. The molecule has 0 aromatic heterocycles. The van der Waals surface area contributed by atoms with Crippen molar-refractivity contribution in [1.29, 1.82) is 0 Å². The van der Waals surface area contributed by atoms with Gasteiger partial charge in [-0.25, -0.2) is 4.79 Å². The van der Waals surface area contributed by atoms with Crippen molar-refractivity contribution in [3.05, 3.63) is 34.3 Å². The summed E-state index contributed by atoms with van der Waals surface area (Å²) in [5, 5.41) is 0. The summed E-state index contributed by atoms with van der Waals surface area (Å²) in [6, 6.07) is 5.49. The number of carbonyl (C=O) groups excluding carboxylic acids is 2. The first kappa shape index (κ1) is 18.5. The van der Waals surface area contributed by atoms with Crippen molar-refractivity contribution in [3.8, 4) is 5.75 Å². The number of likely N-dealkylation sites (tertiary alicyclic amines) is 1. The van der Waals surface area contributed by atoms with Gasteiger partial charge in [-0.3, -0.25) is 4.79 Å². The molecule has 0 aliphatic carbocycles. The first-order chi connectivity index (χ1) is 11.5. The van der Waals surface area contributed by atoms with Gasteiger partial charge in [0.15, 0.2) is 6.61 Å². The van der Waals surface area contributed by atoms with Gasteiger partial charge in [-0.1, -0.05) is 22.9 Å². The zero-order valence-electron chi connectivity index (χ0n) is 14.0. The van der Waals surface area contributed by atoms with Gasteiger partial charge in [0.1, 0.15) is 5.75 Å². The third-order valence-corrected chi connectivity index (χ3v) is 4.43. The SMILES string of the molecule is COc1ccc(Br)cc1/C=C/C(=O)OCC(=O)N1CCCC(C)C1. The molecule has 1 saturated heterocycles. The Hall–Kier alpha value is -1.82. The van der Waals surface area contributed by atoms with Crippen LogP contribution in [0.15, 0.2) is 28.7 Å². The Morgan fingerprint density at radius 2 is 2.21 bits per heavy atom. The van der Waals surface area contributed by atoms with Crippen molar-refractivity contribution in [2.24, 2.45) is 5.92 Å². The first-order valence-corrected chi connectivity index (χ1v) is 8.75. The molecule has 0 saturated carbocycles. The van der Waals surface area contributed by atoms with Crippen LogP contribution in [-0.2, 0) is 14.3 Å². The van der Waals surface area contributed by atoms with Gasteiger partial charge in [-0.15, -0.1) is 0 Å². The number of hydrogen-bond acceptors (Lipinski definition) is 4. The second-order valence-corrected chi connectivity index (χ2v) is 6.83. The molecule has 1 fully saturated rings. The molecule has 1 aromatic carbocycles. The number of piperidine rings is 1. The van der Waals surface area contributed by atoms with Crippen LogP contribution >= 0.6 is 15.9 Å². The van der Waals surface area contributed by atoms with Crippen molar-refractivity contribution >= 4 is 33.9 Å². The molecule has 0 bridgehead atoms. The van der Waals surface area contributed by atoms with Gasteiger partial charge in [-0.2, -0.15) is 0 Å². The number of rotatable bonds is 5. The smallest absolute Gasteiger partial charge is 0.331 e. The van der Waals surface area contributed by atoms with E-state index in [-0.39, 0.29) is 12.5 Å². The highest BCUT2D eigenvalue weighted by Gasteiger charge is 2.21. The molecule has 130 valence electrons. The molecule has 2 rings (SSSR count). The van der Waals surface area contributed by atoms with E-state index in [1.807, 2.05) is 12.1 Å². The predicted molar refractivity (Wildman–Crippen MR) is 95.7 cm³/mol. The third-order valence-electron chi connectivity index (χ3n) is 3.94. The van der Waals surface area contributed by atoms with Gasteiger partial charge < -0.3 is 14.4 Å². The number of halogens is 1. The van der Waals surface area contributed by atoms with Crippen LogP contribution in [0.5, 0.6) is 5.75 Å². The maximum atomic E-state index is 12.1. The lowest BCUT2D eigenvalue weighted by Gasteiger charge is -2.30. The third kappa shape index (κ3) is 5.37. The van der Waals surface area contributed by atoms with Crippen LogP contribution in [-0.4, -0.2) is 43.6 Å². The second-order valence-electron chi connectivity index (χ2n) is 5.91. The Kier molecular flexibility index (Phi) is 6.85. The van der Waals surface area contributed by atoms with Gasteiger partial charge in [0, 0.05) is 29.2 Å². The molecular formula is C18H22BrNO4. The fraction of sp³-hybridized carbons (Fsp3) is 0.444. The molecule has 1 aliphatic rings. The highest BCUT2D eigenvalue weighted by atomic mass is 79.9. The molecule has 1 aliphatic heterocycles. The first-order valence-electron chi connectivity index (χ1n) is 7.95. The van der Waals surface area contributed by atoms with E-state index < -0.39 is 5.97 Å². The highest BCUT2D eigenvalue weighted by molar-refractivity contribution is 9.10. The van der Waals surface area contributed by atoms with E-state index in [2.05, 4.69) is 22.9 Å². The average molecular weight is 396 g/mol. The van der Waals surface area contributed by atoms with Crippen LogP contribution < -0.4 is 4.74 Å². The van der Waals surface area contributed by atoms with Crippen molar-refractivity contribution in [3.63, 3.8) is 0 Å². The summed E-state index contributed by atoms with van der Waals surface area (Å²) < 4.78 is 11.2. The van der Waals surface area contributed by atoms with Gasteiger partial charge in [0.25, 0.3) is 5.91 Å². The number of nitrogens with zero attached hydrogens (tertiary/aromatic N) is 1. The summed E-state index contributed by atoms with van der Waals surface area (Å²) >= 11 is 3.38. The molecular weight excluding hydrogens is 374 g/mol. The number of benzene rings is 1. The highest BCUT2D eigenvalue weighted by Crippen LogP contribution is 2.24. The fourth-order valence-corrected chi connectivity index (χ4v) is 3.06. The molecule has 5 nitrogen and oxygen atoms in total. The molecule has 0 radical (unpaired) electrons. The molecule has 1 atom stereocenters. The number of methoxy groups -OCH3 is 1. The van der Waals surface area contributed by atoms with Crippen LogP contribution in [0.1, 0.15) is 25.3 Å². The summed E-state index contributed by atoms with van der Waals surface area (Å²) in [5.41, 5.74) is 0.750. The lowest BCUT2D eigenvalue weighted by Crippen LogP contribution is -2.41. The Morgan fingerprint density at radius 3 is 2.92 bits per heavy atom. The van der Waals surface area contributed by atoms with Crippen LogP contribution in [0.3, 0.4) is 0 Å². The van der Waals surface area contributed by atoms with E-state index in [1.54, 1.807) is 24.2 Å². The fourth-order valence-electron chi connectivity index (χ4n) is 2.68. The van der Waals surface area contributed by atoms with Gasteiger partial charge >= 0.3 is 5.97 Å². The second kappa shape index (κ2) is 8.87. The van der Waals surface area contributed by atoms with Gasteiger partial charge in [0.2, 0.25) is 0 Å². The molecule has 1 aromatic rings. The van der Waals surface area contributed by atoms with Crippen molar-refractivity contribution in [2.75, 3.05) is 26.8 Å². The van der Waals surface area contributed by atoms with Crippen molar-refractivity contribution in [1.82, 2.24) is 4.90 Å². The predicted octanol–water partition coefficient (Wildman–Crippen LogP) is 3.27. The maximum Gasteiger partial charge on any atom is 0.331 e. The minimum atomic E-state index is -0.546. The number of ether oxygens (including phenoxy) is 2. The summed E-state index contributed by atoms with van der Waals surface area (Å²) in [7, 11) is 1.57. The molecule has 1 heterocycles. The summed E-state index contributed by atoms with van der Waals surface area (Å²) in [4.78, 5) is 25.7. The van der Waals surface area contributed by atoms with E-state index in [1.165, 1.54) is 6.08 Å². The zero-order valence-corrected chi connectivity index (χ0v) is 15.5. The lowest BCUT2D eigenvalue weighted by atomic mass is 10.0. The monoisotopic (exact) mass is 395 g/mol. The summed E-state index contributed by atoms with van der Waals surface area (Å²) in [5.74, 6) is 0.474. The minimum Gasteiger partial charge on any atom is -0.496 e. The standard InChI is InChI=1S/C18H22BrNO4/c1-13-4-3-9-20(11-13)17(21)12-24-18(22)8-5-14-10-15(19)6-7-16(14)23-2/h5-8,10,13H,3-4,9,11-12H2,1-2H3/b8-5+. The number of hydrogen-bond donors (Lipinski definition) is 0. The minimum absolute atomic E-state index is 0.136. The summed E-state index contributed by atoms with van der Waals surface area (Å²) in [6.45, 7) is 3.39. The molecule has 1 amide bonds. The van der Waals surface area contributed by atoms with Crippen molar-refractivity contribution in [2.45, 2.75) is 19.8 Å². The van der Waals surface area contributed by atoms with Crippen LogP contribution in [0.25, 0.3) is 6.08 Å². The molecule has 24 heavy (non-hydrogen) atoms. The maximum absolute atomic E-state index is 12.1.